The molecule has 0 unspecified atom stereocenters. The van der Waals surface area contributed by atoms with Gasteiger partial charge in [0, 0.05) is 16.9 Å². The standard InChI is InChI=1S/C19H23N3O3/c1-13(2)19(23)22-16(11-24-17-7-3-14(20)4-8-17)12-25-18-9-5-15(21)6-10-18/h3-10,16H,1,11-12,20-21H2,2H3,(H,22,23). The van der Waals surface area contributed by atoms with E-state index in [1.165, 1.54) is 0 Å². The Morgan fingerprint density at radius 2 is 1.36 bits per heavy atom. The molecule has 0 spiro atoms. The highest BCUT2D eigenvalue weighted by Gasteiger charge is 2.15. The predicted molar refractivity (Wildman–Crippen MR) is 99.4 cm³/mol. The van der Waals surface area contributed by atoms with Crippen molar-refractivity contribution in [3.8, 4) is 11.5 Å². The molecule has 6 nitrogen and oxygen atoms in total. The zero-order valence-corrected chi connectivity index (χ0v) is 14.2. The summed E-state index contributed by atoms with van der Waals surface area (Å²) in [6, 6.07) is 13.7. The van der Waals surface area contributed by atoms with E-state index in [-0.39, 0.29) is 25.2 Å². The third-order valence-corrected chi connectivity index (χ3v) is 3.39. The molecule has 25 heavy (non-hydrogen) atoms. The van der Waals surface area contributed by atoms with Crippen molar-refractivity contribution in [3.63, 3.8) is 0 Å². The number of nitrogens with two attached hydrogens (primary N) is 2. The highest BCUT2D eigenvalue weighted by Crippen LogP contribution is 2.15. The minimum Gasteiger partial charge on any atom is -0.491 e. The number of amides is 1. The molecule has 1 amide bonds. The fourth-order valence-corrected chi connectivity index (χ4v) is 1.96. The summed E-state index contributed by atoms with van der Waals surface area (Å²) in [4.78, 5) is 11.9. The van der Waals surface area contributed by atoms with Gasteiger partial charge in [-0.1, -0.05) is 6.58 Å². The Balaban J connectivity index is 1.96. The number of hydrogen-bond acceptors (Lipinski definition) is 5. The molecule has 6 heteroatoms. The topological polar surface area (TPSA) is 99.6 Å². The fourth-order valence-electron chi connectivity index (χ4n) is 1.96. The molecule has 132 valence electrons. The Morgan fingerprint density at radius 1 is 0.960 bits per heavy atom. The molecule has 0 saturated carbocycles. The normalized spacial score (nSPS) is 10.3. The lowest BCUT2D eigenvalue weighted by atomic mass is 10.2. The van der Waals surface area contributed by atoms with Gasteiger partial charge in [-0.2, -0.15) is 0 Å². The first-order valence-corrected chi connectivity index (χ1v) is 7.87. The molecule has 0 aromatic heterocycles. The van der Waals surface area contributed by atoms with Crippen LogP contribution in [0.2, 0.25) is 0 Å². The minimum absolute atomic E-state index is 0.244. The summed E-state index contributed by atoms with van der Waals surface area (Å²) >= 11 is 0. The van der Waals surface area contributed by atoms with E-state index in [0.29, 0.717) is 28.4 Å². The molecule has 0 aliphatic carbocycles. The molecule has 5 N–H and O–H groups in total. The Morgan fingerprint density at radius 3 is 1.72 bits per heavy atom. The maximum atomic E-state index is 11.9. The molecular formula is C19H23N3O3. The number of benzene rings is 2. The number of rotatable bonds is 8. The van der Waals surface area contributed by atoms with Crippen LogP contribution in [0.5, 0.6) is 11.5 Å². The molecule has 0 bridgehead atoms. The molecule has 2 aromatic rings. The third-order valence-electron chi connectivity index (χ3n) is 3.39. The smallest absolute Gasteiger partial charge is 0.246 e. The summed E-state index contributed by atoms with van der Waals surface area (Å²) in [5.41, 5.74) is 13.0. The number of carbonyl (C=O) groups is 1. The summed E-state index contributed by atoms with van der Waals surface area (Å²) in [6.45, 7) is 5.79. The van der Waals surface area contributed by atoms with Gasteiger partial charge in [0.05, 0.1) is 6.04 Å². The lowest BCUT2D eigenvalue weighted by Crippen LogP contribution is -2.43. The van der Waals surface area contributed by atoms with Gasteiger partial charge in [-0.05, 0) is 55.5 Å². The van der Waals surface area contributed by atoms with Crippen LogP contribution in [0.25, 0.3) is 0 Å². The molecule has 2 rings (SSSR count). The van der Waals surface area contributed by atoms with E-state index >= 15 is 0 Å². The molecule has 0 aliphatic rings. The predicted octanol–water partition coefficient (Wildman–Crippen LogP) is 2.37. The maximum absolute atomic E-state index is 11.9. The largest absolute Gasteiger partial charge is 0.491 e. The van der Waals surface area contributed by atoms with Crippen LogP contribution in [0.3, 0.4) is 0 Å². The maximum Gasteiger partial charge on any atom is 0.246 e. The summed E-state index contributed by atoms with van der Waals surface area (Å²) in [7, 11) is 0. The van der Waals surface area contributed by atoms with Gasteiger partial charge in [-0.25, -0.2) is 0 Å². The average molecular weight is 341 g/mol. The number of nitrogen functional groups attached to an aromatic ring is 2. The molecule has 2 aromatic carbocycles. The van der Waals surface area contributed by atoms with Crippen LogP contribution in [0.15, 0.2) is 60.7 Å². The first kappa shape index (κ1) is 18.2. The lowest BCUT2D eigenvalue weighted by Gasteiger charge is -2.20. The molecule has 0 saturated heterocycles. The van der Waals surface area contributed by atoms with Crippen molar-refractivity contribution in [1.29, 1.82) is 0 Å². The number of carbonyl (C=O) groups excluding carboxylic acids is 1. The Kier molecular flexibility index (Phi) is 6.28. The quantitative estimate of drug-likeness (QED) is 0.506. The highest BCUT2D eigenvalue weighted by molar-refractivity contribution is 5.92. The molecule has 0 heterocycles. The monoisotopic (exact) mass is 341 g/mol. The number of nitrogens with one attached hydrogen (secondary N) is 1. The minimum atomic E-state index is -0.348. The second-order valence-electron chi connectivity index (χ2n) is 5.71. The molecular weight excluding hydrogens is 318 g/mol. The second-order valence-corrected chi connectivity index (χ2v) is 5.71. The lowest BCUT2D eigenvalue weighted by molar-refractivity contribution is -0.118. The van der Waals surface area contributed by atoms with Gasteiger partial charge in [0.15, 0.2) is 0 Å². The summed E-state index contributed by atoms with van der Waals surface area (Å²) in [5, 5.41) is 2.84. The van der Waals surface area contributed by atoms with Crippen LogP contribution in [-0.2, 0) is 4.79 Å². The van der Waals surface area contributed by atoms with Crippen LogP contribution in [0.4, 0.5) is 11.4 Å². The van der Waals surface area contributed by atoms with E-state index in [1.54, 1.807) is 55.5 Å². The van der Waals surface area contributed by atoms with Crippen molar-refractivity contribution in [1.82, 2.24) is 5.32 Å². The Hall–Kier alpha value is -3.15. The van der Waals surface area contributed by atoms with Gasteiger partial charge in [0.25, 0.3) is 0 Å². The van der Waals surface area contributed by atoms with Crippen molar-refractivity contribution in [2.45, 2.75) is 13.0 Å². The third kappa shape index (κ3) is 6.10. The van der Waals surface area contributed by atoms with Crippen LogP contribution < -0.4 is 26.3 Å². The van der Waals surface area contributed by atoms with Gasteiger partial charge in [0.1, 0.15) is 24.7 Å². The van der Waals surface area contributed by atoms with Gasteiger partial charge in [0.2, 0.25) is 5.91 Å². The van der Waals surface area contributed by atoms with E-state index < -0.39 is 0 Å². The highest BCUT2D eigenvalue weighted by atomic mass is 16.5. The Labute approximate surface area is 147 Å². The van der Waals surface area contributed by atoms with Crippen molar-refractivity contribution in [2.75, 3.05) is 24.7 Å². The molecule has 0 aliphatic heterocycles. The van der Waals surface area contributed by atoms with Crippen LogP contribution in [0.1, 0.15) is 6.92 Å². The fraction of sp³-hybridized carbons (Fsp3) is 0.211. The van der Waals surface area contributed by atoms with Crippen molar-refractivity contribution in [3.05, 3.63) is 60.7 Å². The van der Waals surface area contributed by atoms with Crippen LogP contribution >= 0.6 is 0 Å². The molecule has 0 radical (unpaired) electrons. The second kappa shape index (κ2) is 8.63. The van der Waals surface area contributed by atoms with Gasteiger partial charge < -0.3 is 26.3 Å². The van der Waals surface area contributed by atoms with E-state index in [0.717, 1.165) is 0 Å². The van der Waals surface area contributed by atoms with Gasteiger partial charge in [-0.3, -0.25) is 4.79 Å². The molecule has 0 fully saturated rings. The molecule has 0 atom stereocenters. The summed E-state index contributed by atoms with van der Waals surface area (Å²) in [6.07, 6.45) is 0. The van der Waals surface area contributed by atoms with Gasteiger partial charge in [-0.15, -0.1) is 0 Å². The van der Waals surface area contributed by atoms with Gasteiger partial charge >= 0.3 is 0 Å². The number of anilines is 2. The number of ether oxygens (including phenoxy) is 2. The zero-order chi connectivity index (χ0) is 18.2. The SMILES string of the molecule is C=C(C)C(=O)NC(COc1ccc(N)cc1)COc1ccc(N)cc1. The first-order chi connectivity index (χ1) is 11.9. The Bertz CT molecular complexity index is 662. The van der Waals surface area contributed by atoms with Crippen molar-refractivity contribution < 1.29 is 14.3 Å². The van der Waals surface area contributed by atoms with E-state index in [1.807, 2.05) is 0 Å². The van der Waals surface area contributed by atoms with E-state index in [4.69, 9.17) is 20.9 Å². The van der Waals surface area contributed by atoms with Crippen LogP contribution in [0, 0.1) is 0 Å². The number of hydrogen-bond donors (Lipinski definition) is 3. The van der Waals surface area contributed by atoms with E-state index in [2.05, 4.69) is 11.9 Å². The van der Waals surface area contributed by atoms with Crippen molar-refractivity contribution >= 4 is 17.3 Å². The van der Waals surface area contributed by atoms with Crippen molar-refractivity contribution in [2.24, 2.45) is 0 Å². The average Bonchev–Trinajstić information content (AvgIpc) is 2.59. The summed E-state index contributed by atoms with van der Waals surface area (Å²) in [5.74, 6) is 1.08. The zero-order valence-electron chi connectivity index (χ0n) is 14.2. The van der Waals surface area contributed by atoms with E-state index in [9.17, 15) is 4.79 Å². The summed E-state index contributed by atoms with van der Waals surface area (Å²) < 4.78 is 11.4. The van der Waals surface area contributed by atoms with Crippen LogP contribution in [-0.4, -0.2) is 25.2 Å². The first-order valence-electron chi connectivity index (χ1n) is 7.87.